The molecule has 0 radical (unpaired) electrons. The van der Waals surface area contributed by atoms with E-state index >= 15 is 0 Å². The van der Waals surface area contributed by atoms with Gasteiger partial charge in [0.1, 0.15) is 11.4 Å². The van der Waals surface area contributed by atoms with Crippen LogP contribution in [-0.2, 0) is 11.3 Å². The topological polar surface area (TPSA) is 84.7 Å². The highest BCUT2D eigenvalue weighted by molar-refractivity contribution is 5.95. The van der Waals surface area contributed by atoms with E-state index in [2.05, 4.69) is 11.4 Å². The zero-order valence-corrected chi connectivity index (χ0v) is 16.6. The smallest absolute Gasteiger partial charge is 0.293 e. The van der Waals surface area contributed by atoms with E-state index in [4.69, 9.17) is 4.74 Å². The molecule has 7 heteroatoms. The molecular weight excluding hydrogens is 370 g/mol. The highest BCUT2D eigenvalue weighted by Crippen LogP contribution is 2.27. The Kier molecular flexibility index (Phi) is 6.09. The molecule has 3 aromatic rings. The first-order valence-electron chi connectivity index (χ1n) is 9.16. The summed E-state index contributed by atoms with van der Waals surface area (Å²) in [6, 6.07) is 16.7. The summed E-state index contributed by atoms with van der Waals surface area (Å²) < 4.78 is 5.25. The van der Waals surface area contributed by atoms with Crippen LogP contribution in [0.15, 0.2) is 54.6 Å². The molecule has 0 heterocycles. The van der Waals surface area contributed by atoms with Crippen LogP contribution in [0.25, 0.3) is 10.8 Å². The first-order chi connectivity index (χ1) is 13.9. The normalized spacial score (nSPS) is 10.9. The van der Waals surface area contributed by atoms with Crippen LogP contribution in [-0.4, -0.2) is 36.4 Å². The van der Waals surface area contributed by atoms with E-state index in [1.54, 1.807) is 26.2 Å². The van der Waals surface area contributed by atoms with Gasteiger partial charge >= 0.3 is 0 Å². The average molecular weight is 393 g/mol. The predicted octanol–water partition coefficient (Wildman–Crippen LogP) is 4.14. The third-order valence-electron chi connectivity index (χ3n) is 4.69. The third kappa shape index (κ3) is 4.89. The number of nitrogens with one attached hydrogen (secondary N) is 1. The maximum Gasteiger partial charge on any atom is 0.293 e. The maximum atomic E-state index is 12.4. The molecule has 0 aliphatic heterocycles. The number of amides is 1. The van der Waals surface area contributed by atoms with Crippen LogP contribution in [0.1, 0.15) is 11.1 Å². The molecule has 0 aromatic heterocycles. The summed E-state index contributed by atoms with van der Waals surface area (Å²) in [6.07, 6.45) is 0. The van der Waals surface area contributed by atoms with E-state index in [0.717, 1.165) is 22.1 Å². The first-order valence-corrected chi connectivity index (χ1v) is 9.16. The van der Waals surface area contributed by atoms with Crippen molar-refractivity contribution in [3.05, 3.63) is 75.8 Å². The number of ether oxygens (including phenoxy) is 1. The van der Waals surface area contributed by atoms with Crippen molar-refractivity contribution in [3.8, 4) is 5.75 Å². The van der Waals surface area contributed by atoms with Gasteiger partial charge in [-0.1, -0.05) is 30.3 Å². The van der Waals surface area contributed by atoms with E-state index in [1.165, 1.54) is 6.07 Å². The monoisotopic (exact) mass is 393 g/mol. The molecule has 1 N–H and O–H groups in total. The quantitative estimate of drug-likeness (QED) is 0.482. The molecule has 3 aromatic carbocycles. The van der Waals surface area contributed by atoms with Crippen LogP contribution >= 0.6 is 0 Å². The Bertz CT molecular complexity index is 1070. The molecule has 3 rings (SSSR count). The van der Waals surface area contributed by atoms with Gasteiger partial charge in [-0.15, -0.1) is 0 Å². The minimum atomic E-state index is -0.490. The summed E-state index contributed by atoms with van der Waals surface area (Å²) in [5.41, 5.74) is 1.86. The van der Waals surface area contributed by atoms with Crippen molar-refractivity contribution in [2.24, 2.45) is 0 Å². The Morgan fingerprint density at radius 1 is 1.14 bits per heavy atom. The van der Waals surface area contributed by atoms with E-state index in [9.17, 15) is 14.9 Å². The fourth-order valence-corrected chi connectivity index (χ4v) is 3.26. The maximum absolute atomic E-state index is 12.4. The molecule has 0 aliphatic rings. The Morgan fingerprint density at radius 3 is 2.59 bits per heavy atom. The Balaban J connectivity index is 1.66. The van der Waals surface area contributed by atoms with Crippen molar-refractivity contribution in [2.45, 2.75) is 13.5 Å². The molecule has 0 saturated heterocycles. The van der Waals surface area contributed by atoms with E-state index in [-0.39, 0.29) is 23.8 Å². The van der Waals surface area contributed by atoms with Crippen LogP contribution in [0, 0.1) is 17.0 Å². The summed E-state index contributed by atoms with van der Waals surface area (Å²) in [5, 5.41) is 16.1. The number of methoxy groups -OCH3 is 1. The molecular formula is C22H23N3O4. The SMILES string of the molecule is COc1ccc2cc(CN(C)CC(=O)Nc3c(C)cccc3[N+](=O)[O-])ccc2c1. The van der Waals surface area contributed by atoms with Gasteiger partial charge in [-0.2, -0.15) is 0 Å². The number of aryl methyl sites for hydroxylation is 1. The molecule has 0 spiro atoms. The average Bonchev–Trinajstić information content (AvgIpc) is 2.68. The lowest BCUT2D eigenvalue weighted by Gasteiger charge is -2.17. The number of hydrogen-bond donors (Lipinski definition) is 1. The van der Waals surface area contributed by atoms with Gasteiger partial charge in [-0.25, -0.2) is 0 Å². The van der Waals surface area contributed by atoms with Crippen molar-refractivity contribution >= 4 is 28.1 Å². The lowest BCUT2D eigenvalue weighted by molar-refractivity contribution is -0.384. The largest absolute Gasteiger partial charge is 0.497 e. The predicted molar refractivity (Wildman–Crippen MR) is 113 cm³/mol. The molecule has 0 atom stereocenters. The van der Waals surface area contributed by atoms with Gasteiger partial charge in [-0.05, 0) is 54.1 Å². The Hall–Kier alpha value is -3.45. The molecule has 150 valence electrons. The lowest BCUT2D eigenvalue weighted by Crippen LogP contribution is -2.30. The summed E-state index contributed by atoms with van der Waals surface area (Å²) in [5.74, 6) is 0.514. The van der Waals surface area contributed by atoms with E-state index < -0.39 is 4.92 Å². The number of hydrogen-bond acceptors (Lipinski definition) is 5. The first kappa shape index (κ1) is 20.3. The molecule has 0 saturated carbocycles. The number of rotatable bonds is 7. The molecule has 0 bridgehead atoms. The summed E-state index contributed by atoms with van der Waals surface area (Å²) in [4.78, 5) is 25.0. The fourth-order valence-electron chi connectivity index (χ4n) is 3.26. The molecule has 1 amide bonds. The second kappa shape index (κ2) is 8.70. The molecule has 0 fully saturated rings. The van der Waals surface area contributed by atoms with Gasteiger partial charge in [0.25, 0.3) is 5.69 Å². The number of nitro groups is 1. The van der Waals surface area contributed by atoms with Crippen molar-refractivity contribution < 1.29 is 14.5 Å². The summed E-state index contributed by atoms with van der Waals surface area (Å²) in [7, 11) is 3.48. The van der Waals surface area contributed by atoms with Crippen LogP contribution in [0.3, 0.4) is 0 Å². The summed E-state index contributed by atoms with van der Waals surface area (Å²) >= 11 is 0. The zero-order valence-electron chi connectivity index (χ0n) is 16.6. The Morgan fingerprint density at radius 2 is 1.86 bits per heavy atom. The number of fused-ring (bicyclic) bond motifs is 1. The number of benzene rings is 3. The van der Waals surface area contributed by atoms with Gasteiger partial charge in [-0.3, -0.25) is 19.8 Å². The highest BCUT2D eigenvalue weighted by atomic mass is 16.6. The van der Waals surface area contributed by atoms with E-state index in [0.29, 0.717) is 12.1 Å². The number of likely N-dealkylation sites (N-methyl/N-ethyl adjacent to an activating group) is 1. The second-order valence-corrected chi connectivity index (χ2v) is 6.99. The minimum Gasteiger partial charge on any atom is -0.497 e. The molecule has 7 nitrogen and oxygen atoms in total. The highest BCUT2D eigenvalue weighted by Gasteiger charge is 2.18. The van der Waals surface area contributed by atoms with Crippen molar-refractivity contribution in [1.82, 2.24) is 4.90 Å². The second-order valence-electron chi connectivity index (χ2n) is 6.99. The van der Waals surface area contributed by atoms with Crippen LogP contribution in [0.5, 0.6) is 5.75 Å². The number of carbonyl (C=O) groups is 1. The van der Waals surface area contributed by atoms with Crippen LogP contribution in [0.4, 0.5) is 11.4 Å². The number of para-hydroxylation sites is 1. The van der Waals surface area contributed by atoms with Gasteiger partial charge < -0.3 is 10.1 Å². The zero-order chi connectivity index (χ0) is 21.0. The summed E-state index contributed by atoms with van der Waals surface area (Å²) in [6.45, 7) is 2.42. The number of nitro benzene ring substituents is 1. The fraction of sp³-hybridized carbons (Fsp3) is 0.227. The van der Waals surface area contributed by atoms with Crippen molar-refractivity contribution in [2.75, 3.05) is 26.0 Å². The van der Waals surface area contributed by atoms with Gasteiger partial charge in [0.15, 0.2) is 0 Å². The number of anilines is 1. The van der Waals surface area contributed by atoms with Gasteiger partial charge in [0, 0.05) is 12.6 Å². The number of carbonyl (C=O) groups excluding carboxylic acids is 1. The van der Waals surface area contributed by atoms with Crippen molar-refractivity contribution in [3.63, 3.8) is 0 Å². The standard InChI is InChI=1S/C22H23N3O4/c1-15-5-4-6-20(25(27)28)22(15)23-21(26)14-24(2)13-16-7-8-18-12-19(29-3)10-9-17(18)11-16/h4-12H,13-14H2,1-3H3,(H,23,26). The van der Waals surface area contributed by atoms with Crippen LogP contribution in [0.2, 0.25) is 0 Å². The minimum absolute atomic E-state index is 0.106. The van der Waals surface area contributed by atoms with Gasteiger partial charge in [0.05, 0.1) is 18.6 Å². The third-order valence-corrected chi connectivity index (χ3v) is 4.69. The van der Waals surface area contributed by atoms with Gasteiger partial charge in [0.2, 0.25) is 5.91 Å². The molecule has 0 aliphatic carbocycles. The molecule has 0 unspecified atom stereocenters. The number of nitrogens with zero attached hydrogens (tertiary/aromatic N) is 2. The molecule has 29 heavy (non-hydrogen) atoms. The van der Waals surface area contributed by atoms with Crippen LogP contribution < -0.4 is 10.1 Å². The Labute approximate surface area is 169 Å². The van der Waals surface area contributed by atoms with Crippen molar-refractivity contribution in [1.29, 1.82) is 0 Å². The van der Waals surface area contributed by atoms with E-state index in [1.807, 2.05) is 42.3 Å². The lowest BCUT2D eigenvalue weighted by atomic mass is 10.1.